The molecule has 4 aromatic rings. The van der Waals surface area contributed by atoms with E-state index >= 15 is 0 Å². The number of carbonyl (C=O) groups excluding carboxylic acids is 3. The lowest BCUT2D eigenvalue weighted by Crippen LogP contribution is -2.44. The van der Waals surface area contributed by atoms with Crippen LogP contribution < -0.4 is 21.7 Å². The highest BCUT2D eigenvalue weighted by atomic mass is 32.1. The predicted molar refractivity (Wildman–Crippen MR) is 138 cm³/mol. The summed E-state index contributed by atoms with van der Waals surface area (Å²) in [6.45, 7) is 1.67. The first-order valence-electron chi connectivity index (χ1n) is 11.4. The van der Waals surface area contributed by atoms with Gasteiger partial charge in [-0.2, -0.15) is 17.5 Å². The number of hydrogen-bond acceptors (Lipinski definition) is 7. The van der Waals surface area contributed by atoms with Crippen LogP contribution in [0, 0.1) is 6.92 Å². The second-order valence-corrected chi connectivity index (χ2v) is 9.19. The predicted octanol–water partition coefficient (Wildman–Crippen LogP) is 4.45. The zero-order valence-electron chi connectivity index (χ0n) is 20.4. The summed E-state index contributed by atoms with van der Waals surface area (Å²) in [5, 5.41) is 2.71. The van der Waals surface area contributed by atoms with Crippen LogP contribution in [0.4, 0.5) is 24.5 Å². The summed E-state index contributed by atoms with van der Waals surface area (Å²) in [4.78, 5) is 39.8. The topological polar surface area (TPSA) is 145 Å². The maximum atomic E-state index is 13.9. The van der Waals surface area contributed by atoms with Crippen molar-refractivity contribution < 1.29 is 32.0 Å². The molecule has 4 rings (SSSR count). The van der Waals surface area contributed by atoms with Gasteiger partial charge >= 0.3 is 6.18 Å². The van der Waals surface area contributed by atoms with Gasteiger partial charge in [0.15, 0.2) is 11.7 Å². The van der Waals surface area contributed by atoms with Crippen molar-refractivity contribution in [2.45, 2.75) is 25.7 Å². The summed E-state index contributed by atoms with van der Waals surface area (Å²) in [5.74, 6) is -2.33. The van der Waals surface area contributed by atoms with Gasteiger partial charge in [0.25, 0.3) is 17.7 Å². The molecule has 0 saturated heterocycles. The molecule has 39 heavy (non-hydrogen) atoms. The van der Waals surface area contributed by atoms with Crippen LogP contribution in [0.3, 0.4) is 0 Å². The van der Waals surface area contributed by atoms with Gasteiger partial charge in [-0.3, -0.25) is 19.3 Å². The number of aromatic nitrogens is 1. The van der Waals surface area contributed by atoms with Crippen LogP contribution in [-0.4, -0.2) is 22.1 Å². The van der Waals surface area contributed by atoms with E-state index in [1.54, 1.807) is 43.3 Å². The molecule has 13 heteroatoms. The van der Waals surface area contributed by atoms with E-state index in [0.717, 1.165) is 28.7 Å². The van der Waals surface area contributed by atoms with Gasteiger partial charge < -0.3 is 21.2 Å². The van der Waals surface area contributed by atoms with Crippen molar-refractivity contribution in [1.29, 1.82) is 0 Å². The number of aryl methyl sites for hydroxylation is 1. The molecule has 0 radical (unpaired) electrons. The molecule has 1 atom stereocenters. The van der Waals surface area contributed by atoms with Crippen LogP contribution in [0.15, 0.2) is 71.1 Å². The third-order valence-corrected chi connectivity index (χ3v) is 6.52. The number of nitrogen functional groups attached to an aromatic ring is 1. The molecule has 202 valence electrons. The maximum Gasteiger partial charge on any atom is 0.416 e. The molecule has 2 heterocycles. The van der Waals surface area contributed by atoms with Crippen molar-refractivity contribution in [1.82, 2.24) is 9.69 Å². The molecule has 2 aromatic heterocycles. The quantitative estimate of drug-likeness (QED) is 0.292. The molecule has 0 bridgehead atoms. The Morgan fingerprint density at radius 1 is 1.08 bits per heavy atom. The van der Waals surface area contributed by atoms with Crippen molar-refractivity contribution in [2.75, 3.05) is 10.6 Å². The summed E-state index contributed by atoms with van der Waals surface area (Å²) in [6, 6.07) is 14.2. The summed E-state index contributed by atoms with van der Waals surface area (Å²) >= 11 is 0.534. The van der Waals surface area contributed by atoms with E-state index in [9.17, 15) is 27.6 Å². The van der Waals surface area contributed by atoms with E-state index in [-0.39, 0.29) is 34.3 Å². The van der Waals surface area contributed by atoms with Crippen LogP contribution in [0.5, 0.6) is 0 Å². The van der Waals surface area contributed by atoms with Gasteiger partial charge in [-0.15, -0.1) is 0 Å². The fraction of sp³-hybridized carbons (Fsp3) is 0.154. The molecular weight excluding hydrogens is 535 g/mol. The number of carbonyl (C=O) groups is 3. The highest BCUT2D eigenvalue weighted by molar-refractivity contribution is 7.09. The minimum absolute atomic E-state index is 0.0120. The van der Waals surface area contributed by atoms with Gasteiger partial charge in [-0.05, 0) is 54.4 Å². The molecule has 5 N–H and O–H groups in total. The van der Waals surface area contributed by atoms with Crippen molar-refractivity contribution in [2.24, 2.45) is 5.73 Å². The smallest absolute Gasteiger partial charge is 0.416 e. The van der Waals surface area contributed by atoms with Crippen molar-refractivity contribution >= 4 is 40.6 Å². The van der Waals surface area contributed by atoms with Gasteiger partial charge in [0.1, 0.15) is 16.4 Å². The average molecular weight is 558 g/mol. The Bertz CT molecular complexity index is 1520. The fourth-order valence-electron chi connectivity index (χ4n) is 3.81. The maximum absolute atomic E-state index is 13.9. The van der Waals surface area contributed by atoms with Crippen LogP contribution in [0.1, 0.15) is 48.8 Å². The summed E-state index contributed by atoms with van der Waals surface area (Å²) in [7, 11) is 0. The number of anilines is 2. The molecule has 0 aliphatic carbocycles. The fourth-order valence-corrected chi connectivity index (χ4v) is 4.55. The van der Waals surface area contributed by atoms with Crippen LogP contribution in [0.25, 0.3) is 0 Å². The van der Waals surface area contributed by atoms with Crippen molar-refractivity contribution in [3.63, 3.8) is 0 Å². The number of primary amides is 1. The SMILES string of the molecule is Cc1ccc(C(C(=O)NCc2ccccc2)N(C(=O)c2snc(C(N)=O)c2N)c2cccc(C(F)(F)F)c2)o1. The van der Waals surface area contributed by atoms with E-state index in [4.69, 9.17) is 15.9 Å². The Labute approximate surface area is 224 Å². The lowest BCUT2D eigenvalue weighted by Gasteiger charge is -2.30. The Balaban J connectivity index is 1.86. The van der Waals surface area contributed by atoms with E-state index in [2.05, 4.69) is 9.69 Å². The second-order valence-electron chi connectivity index (χ2n) is 8.42. The summed E-state index contributed by atoms with van der Waals surface area (Å²) in [6.07, 6.45) is -4.74. The second kappa shape index (κ2) is 11.0. The molecule has 0 aliphatic rings. The minimum atomic E-state index is -4.74. The molecule has 3 amide bonds. The highest BCUT2D eigenvalue weighted by Crippen LogP contribution is 2.37. The number of alkyl halides is 3. The standard InChI is InChI=1S/C26H22F3N5O4S/c1-14-10-11-18(38-14)21(24(36)32-13-15-6-3-2-4-7-15)34(17-9-5-8-16(12-17)26(27,28)29)25(37)22-19(30)20(23(31)35)33-39-22/h2-12,21H,13,30H2,1H3,(H2,31,35)(H,32,36). The third-order valence-electron chi connectivity index (χ3n) is 5.67. The van der Waals surface area contributed by atoms with Crippen molar-refractivity contribution in [3.05, 3.63) is 99.9 Å². The zero-order valence-corrected chi connectivity index (χ0v) is 21.2. The molecule has 0 aliphatic heterocycles. The largest absolute Gasteiger partial charge is 0.464 e. The molecule has 1 unspecified atom stereocenters. The Kier molecular flexibility index (Phi) is 7.72. The number of nitrogens with zero attached hydrogens (tertiary/aromatic N) is 2. The van der Waals surface area contributed by atoms with Crippen LogP contribution in [-0.2, 0) is 17.5 Å². The minimum Gasteiger partial charge on any atom is -0.464 e. The average Bonchev–Trinajstić information content (AvgIpc) is 3.50. The Morgan fingerprint density at radius 2 is 1.79 bits per heavy atom. The van der Waals surface area contributed by atoms with Gasteiger partial charge in [0, 0.05) is 12.2 Å². The van der Waals surface area contributed by atoms with E-state index in [0.29, 0.717) is 17.3 Å². The van der Waals surface area contributed by atoms with E-state index < -0.39 is 35.5 Å². The first-order valence-corrected chi connectivity index (χ1v) is 12.2. The monoisotopic (exact) mass is 557 g/mol. The van der Waals surface area contributed by atoms with E-state index in [1.165, 1.54) is 12.1 Å². The molecular formula is C26H22F3N5O4S. The summed E-state index contributed by atoms with van der Waals surface area (Å²) < 4.78 is 50.4. The first-order chi connectivity index (χ1) is 18.5. The molecule has 0 saturated carbocycles. The third kappa shape index (κ3) is 5.93. The molecule has 0 fully saturated rings. The number of furan rings is 1. The van der Waals surface area contributed by atoms with Crippen LogP contribution >= 0.6 is 11.5 Å². The Hall–Kier alpha value is -4.65. The molecule has 0 spiro atoms. The molecule has 2 aromatic carbocycles. The highest BCUT2D eigenvalue weighted by Gasteiger charge is 2.39. The lowest BCUT2D eigenvalue weighted by molar-refractivity contribution is -0.137. The lowest BCUT2D eigenvalue weighted by atomic mass is 10.1. The van der Waals surface area contributed by atoms with Gasteiger partial charge in [0.2, 0.25) is 0 Å². The number of halogens is 3. The molecule has 9 nitrogen and oxygen atoms in total. The van der Waals surface area contributed by atoms with Gasteiger partial charge in [0.05, 0.1) is 11.3 Å². The normalized spacial score (nSPS) is 12.1. The Morgan fingerprint density at radius 3 is 2.38 bits per heavy atom. The van der Waals surface area contributed by atoms with E-state index in [1.807, 2.05) is 0 Å². The van der Waals surface area contributed by atoms with Crippen LogP contribution in [0.2, 0.25) is 0 Å². The number of amides is 3. The van der Waals surface area contributed by atoms with Gasteiger partial charge in [-0.1, -0.05) is 36.4 Å². The zero-order chi connectivity index (χ0) is 28.3. The first kappa shape index (κ1) is 27.4. The number of nitrogens with two attached hydrogens (primary N) is 2. The number of nitrogens with one attached hydrogen (secondary N) is 1. The number of benzene rings is 2. The van der Waals surface area contributed by atoms with Crippen molar-refractivity contribution in [3.8, 4) is 0 Å². The van der Waals surface area contributed by atoms with Gasteiger partial charge in [-0.25, -0.2) is 0 Å². The number of hydrogen-bond donors (Lipinski definition) is 3. The summed E-state index contributed by atoms with van der Waals surface area (Å²) in [5.41, 5.74) is 9.95. The number of rotatable bonds is 8.